The normalized spacial score (nSPS) is 17.9. The maximum absolute atomic E-state index is 14.3. The first-order chi connectivity index (χ1) is 33.2. The van der Waals surface area contributed by atoms with Crippen LogP contribution < -0.4 is 16.0 Å². The standard InChI is InChI=1S/C52H57N9O7S2/c1-26-30(5)70-51-42(26)43(56-39(23-41(63)64)46-59-58-31(6)61(46)51)35-16-12-33(13-17-35)34-14-20-37(21-15-34)48(66)55-29(4)47(65)57-45(52(7,8)9)50(68)60-24-38(62)22-40(60)49(67)54-27(2)32-10-18-36(19-11-32)44-28(3)53-25-69-44/h10-21,25,27,29,38-40,45,62H,22-24H2,1-9H3,(H,54,67)(H,55,66)(H,57,65)(H,63,64)/t27-,29-,38+,39-,40-,45+/m0/s1. The number of aliphatic hydroxyl groups excluding tert-OH is 1. The lowest BCUT2D eigenvalue weighted by atomic mass is 9.85. The zero-order valence-electron chi connectivity index (χ0n) is 40.5. The number of carboxylic acid groups (broad SMARTS) is 1. The predicted molar refractivity (Wildman–Crippen MR) is 269 cm³/mol. The van der Waals surface area contributed by atoms with Gasteiger partial charge in [0.05, 0.1) is 40.4 Å². The van der Waals surface area contributed by atoms with Crippen LogP contribution in [0.25, 0.3) is 26.6 Å². The lowest BCUT2D eigenvalue weighted by Crippen LogP contribution is -2.60. The number of aryl methyl sites for hydroxylation is 3. The van der Waals surface area contributed by atoms with Gasteiger partial charge in [0.1, 0.15) is 35.0 Å². The molecule has 5 heterocycles. The highest BCUT2D eigenvalue weighted by atomic mass is 32.1. The fraction of sp³-hybridized carbons (Fsp3) is 0.365. The Balaban J connectivity index is 0.908. The maximum atomic E-state index is 14.3. The number of carbonyl (C=O) groups is 5. The maximum Gasteiger partial charge on any atom is 0.306 e. The van der Waals surface area contributed by atoms with Crippen LogP contribution in [-0.2, 0) is 19.2 Å². The van der Waals surface area contributed by atoms with Crippen LogP contribution in [0.15, 0.2) is 83.3 Å². The number of thiophene rings is 1. The van der Waals surface area contributed by atoms with E-state index in [0.29, 0.717) is 22.9 Å². The summed E-state index contributed by atoms with van der Waals surface area (Å²) in [5.74, 6) is -1.86. The van der Waals surface area contributed by atoms with Gasteiger partial charge in [-0.25, -0.2) is 4.98 Å². The molecular formula is C52H57N9O7S2. The molecule has 364 valence electrons. The van der Waals surface area contributed by atoms with E-state index in [4.69, 9.17) is 4.99 Å². The van der Waals surface area contributed by atoms with Crippen LogP contribution in [-0.4, -0.2) is 101 Å². The summed E-state index contributed by atoms with van der Waals surface area (Å²) in [6.07, 6.45) is -1.13. The van der Waals surface area contributed by atoms with Gasteiger partial charge in [-0.15, -0.1) is 32.9 Å². The molecular weight excluding hydrogens is 927 g/mol. The lowest BCUT2D eigenvalue weighted by Gasteiger charge is -2.36. The fourth-order valence-corrected chi connectivity index (χ4v) is 11.0. The molecule has 8 rings (SSSR count). The highest BCUT2D eigenvalue weighted by Crippen LogP contribution is 2.40. The van der Waals surface area contributed by atoms with Gasteiger partial charge in [-0.1, -0.05) is 81.4 Å². The van der Waals surface area contributed by atoms with Gasteiger partial charge < -0.3 is 31.1 Å². The second kappa shape index (κ2) is 19.8. The first-order valence-electron chi connectivity index (χ1n) is 23.1. The van der Waals surface area contributed by atoms with E-state index >= 15 is 0 Å². The number of aliphatic carboxylic acids is 1. The van der Waals surface area contributed by atoms with Crippen molar-refractivity contribution in [2.75, 3.05) is 6.54 Å². The fourth-order valence-electron chi connectivity index (χ4n) is 8.95. The number of aromatic nitrogens is 4. The number of nitrogens with one attached hydrogen (secondary N) is 3. The molecule has 0 bridgehead atoms. The quantitative estimate of drug-likeness (QED) is 0.0783. The molecule has 0 radical (unpaired) electrons. The number of rotatable bonds is 13. The third-order valence-electron chi connectivity index (χ3n) is 13.0. The highest BCUT2D eigenvalue weighted by molar-refractivity contribution is 7.15. The van der Waals surface area contributed by atoms with Crippen LogP contribution >= 0.6 is 22.7 Å². The van der Waals surface area contributed by atoms with Crippen molar-refractivity contribution in [3.63, 3.8) is 0 Å². The number of benzene rings is 3. The molecule has 18 heteroatoms. The average molecular weight is 984 g/mol. The number of carboxylic acids is 1. The average Bonchev–Trinajstić information content (AvgIpc) is 4.09. The van der Waals surface area contributed by atoms with Crippen molar-refractivity contribution in [1.82, 2.24) is 40.6 Å². The molecule has 2 aliphatic heterocycles. The van der Waals surface area contributed by atoms with Crippen LogP contribution in [0.4, 0.5) is 0 Å². The molecule has 6 aromatic rings. The molecule has 3 aromatic carbocycles. The summed E-state index contributed by atoms with van der Waals surface area (Å²) in [7, 11) is 0. The Labute approximate surface area is 414 Å². The topological polar surface area (TPSA) is 221 Å². The summed E-state index contributed by atoms with van der Waals surface area (Å²) in [5.41, 5.74) is 9.32. The number of fused-ring (bicyclic) bond motifs is 3. The lowest BCUT2D eigenvalue weighted by molar-refractivity contribution is -0.144. The van der Waals surface area contributed by atoms with E-state index in [1.807, 2.05) is 99.8 Å². The van der Waals surface area contributed by atoms with Gasteiger partial charge >= 0.3 is 5.97 Å². The Morgan fingerprint density at radius 3 is 2.07 bits per heavy atom. The van der Waals surface area contributed by atoms with Gasteiger partial charge in [-0.2, -0.15) is 0 Å². The van der Waals surface area contributed by atoms with Crippen molar-refractivity contribution in [2.45, 2.75) is 111 Å². The van der Waals surface area contributed by atoms with E-state index in [1.165, 1.54) is 11.8 Å². The Hall–Kier alpha value is -6.89. The van der Waals surface area contributed by atoms with Gasteiger partial charge in [-0.05, 0) is 86.9 Å². The zero-order chi connectivity index (χ0) is 50.3. The third kappa shape index (κ3) is 10.1. The minimum absolute atomic E-state index is 0.0449. The SMILES string of the molecule is Cc1ncsc1-c1ccc([C@H](C)NC(=O)[C@@H]2C[C@@H](O)CN2C(=O)[C@@H](NC(=O)[C@H](C)NC(=O)c2ccc(-c3ccc(C4=N[C@@H](CC(=O)O)c5nnc(C)n5-c5sc(C)c(C)c54)cc3)cc2)C(C)(C)C)cc1. The van der Waals surface area contributed by atoms with Crippen LogP contribution in [0.3, 0.4) is 0 Å². The van der Waals surface area contributed by atoms with E-state index in [9.17, 15) is 34.2 Å². The molecule has 70 heavy (non-hydrogen) atoms. The Morgan fingerprint density at radius 1 is 0.829 bits per heavy atom. The first kappa shape index (κ1) is 49.5. The molecule has 4 amide bonds. The minimum atomic E-state index is -1.09. The number of thiazole rings is 1. The summed E-state index contributed by atoms with van der Waals surface area (Å²) >= 11 is 3.15. The van der Waals surface area contributed by atoms with Gasteiger partial charge in [0.15, 0.2) is 5.82 Å². The largest absolute Gasteiger partial charge is 0.481 e. The number of likely N-dealkylation sites (tertiary alicyclic amines) is 1. The van der Waals surface area contributed by atoms with Gasteiger partial charge in [0, 0.05) is 34.5 Å². The van der Waals surface area contributed by atoms with Crippen molar-refractivity contribution >= 4 is 58.0 Å². The number of hydrogen-bond acceptors (Lipinski definition) is 12. The summed E-state index contributed by atoms with van der Waals surface area (Å²) in [4.78, 5) is 80.2. The molecule has 2 aliphatic rings. The molecule has 16 nitrogen and oxygen atoms in total. The Bertz CT molecular complexity index is 3000. The molecule has 1 saturated heterocycles. The number of amides is 4. The highest BCUT2D eigenvalue weighted by Gasteiger charge is 2.45. The van der Waals surface area contributed by atoms with Gasteiger partial charge in [0.2, 0.25) is 17.7 Å². The van der Waals surface area contributed by atoms with E-state index < -0.39 is 65.3 Å². The van der Waals surface area contributed by atoms with Crippen molar-refractivity contribution in [3.05, 3.63) is 128 Å². The first-order valence-corrected chi connectivity index (χ1v) is 24.8. The van der Waals surface area contributed by atoms with Crippen LogP contribution in [0.2, 0.25) is 0 Å². The number of carbonyl (C=O) groups excluding carboxylic acids is 4. The van der Waals surface area contributed by atoms with Crippen molar-refractivity contribution < 1.29 is 34.2 Å². The number of β-amino-alcohol motifs (C(OH)–C–C–N with tert-alkyl or cyclic N) is 1. The Morgan fingerprint density at radius 2 is 1.46 bits per heavy atom. The smallest absolute Gasteiger partial charge is 0.306 e. The van der Waals surface area contributed by atoms with Crippen LogP contribution in [0.5, 0.6) is 0 Å². The number of hydrogen-bond donors (Lipinski definition) is 5. The second-order valence-electron chi connectivity index (χ2n) is 19.2. The van der Waals surface area contributed by atoms with Crippen molar-refractivity contribution in [3.8, 4) is 26.6 Å². The minimum Gasteiger partial charge on any atom is -0.481 e. The van der Waals surface area contributed by atoms with Gasteiger partial charge in [0.25, 0.3) is 5.91 Å². The van der Waals surface area contributed by atoms with Crippen molar-refractivity contribution in [1.29, 1.82) is 0 Å². The van der Waals surface area contributed by atoms with E-state index in [-0.39, 0.29) is 25.4 Å². The second-order valence-corrected chi connectivity index (χ2v) is 21.2. The third-order valence-corrected chi connectivity index (χ3v) is 15.2. The molecule has 5 N–H and O–H groups in total. The number of nitrogens with zero attached hydrogens (tertiary/aromatic N) is 6. The monoisotopic (exact) mass is 983 g/mol. The van der Waals surface area contributed by atoms with E-state index in [0.717, 1.165) is 59.4 Å². The molecule has 3 aromatic heterocycles. The summed E-state index contributed by atoms with van der Waals surface area (Å²) in [6, 6.07) is 18.4. The van der Waals surface area contributed by atoms with E-state index in [1.54, 1.807) is 61.1 Å². The molecule has 0 saturated carbocycles. The van der Waals surface area contributed by atoms with Crippen LogP contribution in [0, 0.1) is 33.1 Å². The Kier molecular flexibility index (Phi) is 14.0. The molecule has 0 unspecified atom stereocenters. The van der Waals surface area contributed by atoms with Crippen LogP contribution in [0.1, 0.15) is 114 Å². The molecule has 1 fully saturated rings. The summed E-state index contributed by atoms with van der Waals surface area (Å²) < 4.78 is 1.92. The summed E-state index contributed by atoms with van der Waals surface area (Å²) in [5, 5.41) is 38.7. The number of aliphatic hydroxyl groups is 1. The van der Waals surface area contributed by atoms with E-state index in [2.05, 4.69) is 31.1 Å². The zero-order valence-corrected chi connectivity index (χ0v) is 42.2. The molecule has 0 aliphatic carbocycles. The van der Waals surface area contributed by atoms with Crippen molar-refractivity contribution in [2.24, 2.45) is 10.4 Å². The van der Waals surface area contributed by atoms with Gasteiger partial charge in [-0.3, -0.25) is 33.5 Å². The number of aliphatic imine (C=N–C) groups is 1. The molecule has 6 atom stereocenters. The molecule has 0 spiro atoms. The predicted octanol–water partition coefficient (Wildman–Crippen LogP) is 7.21. The summed E-state index contributed by atoms with van der Waals surface area (Å²) in [6.45, 7) is 16.6.